The Kier molecular flexibility index (Phi) is 2.83. The lowest BCUT2D eigenvalue weighted by Crippen LogP contribution is -1.85. The molecule has 0 aliphatic rings. The minimum absolute atomic E-state index is 0.261. The van der Waals surface area contributed by atoms with Crippen LogP contribution in [0.2, 0.25) is 0 Å². The van der Waals surface area contributed by atoms with Crippen LogP contribution in [0, 0.1) is 12.7 Å². The first kappa shape index (κ1) is 11.6. The van der Waals surface area contributed by atoms with Crippen molar-refractivity contribution in [3.8, 4) is 22.4 Å². The van der Waals surface area contributed by atoms with Crippen LogP contribution < -0.4 is 0 Å². The summed E-state index contributed by atoms with van der Waals surface area (Å²) in [5.41, 5.74) is 3.43. The zero-order chi connectivity index (χ0) is 13.2. The van der Waals surface area contributed by atoms with Crippen LogP contribution in [0.3, 0.4) is 0 Å². The molecule has 0 saturated heterocycles. The van der Waals surface area contributed by atoms with E-state index in [2.05, 4.69) is 10.1 Å². The van der Waals surface area contributed by atoms with Crippen molar-refractivity contribution in [1.82, 2.24) is 10.1 Å². The van der Waals surface area contributed by atoms with Crippen molar-refractivity contribution in [1.29, 1.82) is 0 Å². The molecule has 0 bridgehead atoms. The molecule has 0 spiro atoms. The Bertz CT molecular complexity index is 690. The molecule has 0 atom stereocenters. The minimum Gasteiger partial charge on any atom is -0.360 e. The Morgan fingerprint density at radius 3 is 2.32 bits per heavy atom. The molecule has 0 saturated carbocycles. The second-order valence-corrected chi connectivity index (χ2v) is 4.21. The molecule has 2 heterocycles. The van der Waals surface area contributed by atoms with E-state index in [0.717, 1.165) is 22.4 Å². The first-order valence-electron chi connectivity index (χ1n) is 5.88. The number of rotatable bonds is 2. The summed E-state index contributed by atoms with van der Waals surface area (Å²) in [6.45, 7) is 1.84. The van der Waals surface area contributed by atoms with Gasteiger partial charge in [-0.25, -0.2) is 4.39 Å². The maximum atomic E-state index is 13.0. The predicted octanol–water partition coefficient (Wildman–Crippen LogP) is 3.85. The molecule has 4 heteroatoms. The average Bonchev–Trinajstić information content (AvgIpc) is 2.83. The van der Waals surface area contributed by atoms with Gasteiger partial charge < -0.3 is 4.52 Å². The van der Waals surface area contributed by atoms with Gasteiger partial charge in [0.25, 0.3) is 0 Å². The molecule has 19 heavy (non-hydrogen) atoms. The Morgan fingerprint density at radius 2 is 1.63 bits per heavy atom. The summed E-state index contributed by atoms with van der Waals surface area (Å²) in [5.74, 6) is 0.446. The first-order valence-corrected chi connectivity index (χ1v) is 5.88. The van der Waals surface area contributed by atoms with Gasteiger partial charge in [0.1, 0.15) is 17.3 Å². The Balaban J connectivity index is 2.17. The van der Waals surface area contributed by atoms with E-state index in [0.29, 0.717) is 5.76 Å². The highest BCUT2D eigenvalue weighted by Crippen LogP contribution is 2.33. The van der Waals surface area contributed by atoms with Crippen LogP contribution in [-0.2, 0) is 0 Å². The normalized spacial score (nSPS) is 10.6. The first-order chi connectivity index (χ1) is 9.25. The number of aryl methyl sites for hydroxylation is 1. The molecule has 0 radical (unpaired) electrons. The van der Waals surface area contributed by atoms with Crippen molar-refractivity contribution in [3.05, 3.63) is 60.4 Å². The van der Waals surface area contributed by atoms with Gasteiger partial charge >= 0.3 is 0 Å². The highest BCUT2D eigenvalue weighted by Gasteiger charge is 2.16. The van der Waals surface area contributed by atoms with Crippen molar-refractivity contribution >= 4 is 0 Å². The van der Waals surface area contributed by atoms with E-state index in [1.165, 1.54) is 12.1 Å². The van der Waals surface area contributed by atoms with Crippen LogP contribution in [-0.4, -0.2) is 10.1 Å². The molecule has 0 unspecified atom stereocenters. The standard InChI is InChI=1S/C15H11FN2O/c1-10-14(11-2-4-13(16)5-3-11)15(18-19-10)12-6-8-17-9-7-12/h2-9H,1H3. The number of pyridine rings is 1. The van der Waals surface area contributed by atoms with E-state index in [4.69, 9.17) is 4.52 Å². The predicted molar refractivity (Wildman–Crippen MR) is 69.9 cm³/mol. The molecule has 0 aliphatic carbocycles. The smallest absolute Gasteiger partial charge is 0.142 e. The highest BCUT2D eigenvalue weighted by atomic mass is 19.1. The summed E-state index contributed by atoms with van der Waals surface area (Å²) in [4.78, 5) is 3.98. The molecule has 0 amide bonds. The van der Waals surface area contributed by atoms with Gasteiger partial charge in [-0.2, -0.15) is 0 Å². The topological polar surface area (TPSA) is 38.9 Å². The Labute approximate surface area is 109 Å². The molecule has 2 aromatic heterocycles. The van der Waals surface area contributed by atoms with E-state index in [1.54, 1.807) is 24.5 Å². The van der Waals surface area contributed by atoms with Gasteiger partial charge in [0.15, 0.2) is 0 Å². The third-order valence-electron chi connectivity index (χ3n) is 2.95. The fourth-order valence-corrected chi connectivity index (χ4v) is 2.04. The van der Waals surface area contributed by atoms with Crippen molar-refractivity contribution in [2.45, 2.75) is 6.92 Å². The summed E-state index contributed by atoms with van der Waals surface area (Å²) in [6.07, 6.45) is 3.40. The molecule has 3 aromatic rings. The second-order valence-electron chi connectivity index (χ2n) is 4.21. The molecule has 94 valence electrons. The van der Waals surface area contributed by atoms with Gasteiger partial charge in [-0.15, -0.1) is 0 Å². The van der Waals surface area contributed by atoms with Gasteiger partial charge in [0.05, 0.1) is 5.56 Å². The van der Waals surface area contributed by atoms with Gasteiger partial charge in [-0.1, -0.05) is 17.3 Å². The number of hydrogen-bond acceptors (Lipinski definition) is 3. The zero-order valence-electron chi connectivity index (χ0n) is 10.3. The lowest BCUT2D eigenvalue weighted by molar-refractivity contribution is 0.400. The minimum atomic E-state index is -0.261. The molecule has 0 aliphatic heterocycles. The highest BCUT2D eigenvalue weighted by molar-refractivity contribution is 5.81. The van der Waals surface area contributed by atoms with Gasteiger partial charge in [0, 0.05) is 18.0 Å². The molecule has 3 nitrogen and oxygen atoms in total. The van der Waals surface area contributed by atoms with Crippen LogP contribution in [0.25, 0.3) is 22.4 Å². The van der Waals surface area contributed by atoms with Crippen molar-refractivity contribution in [2.24, 2.45) is 0 Å². The fraction of sp³-hybridized carbons (Fsp3) is 0.0667. The number of nitrogens with zero attached hydrogens (tertiary/aromatic N) is 2. The lowest BCUT2D eigenvalue weighted by atomic mass is 10.0. The molecule has 0 fully saturated rings. The Morgan fingerprint density at radius 1 is 0.947 bits per heavy atom. The molecule has 0 N–H and O–H groups in total. The zero-order valence-corrected chi connectivity index (χ0v) is 10.3. The van der Waals surface area contributed by atoms with E-state index < -0.39 is 0 Å². The van der Waals surface area contributed by atoms with Crippen LogP contribution in [0.5, 0.6) is 0 Å². The molecule has 3 rings (SSSR count). The number of hydrogen-bond donors (Lipinski definition) is 0. The number of halogens is 1. The third-order valence-corrected chi connectivity index (χ3v) is 2.95. The van der Waals surface area contributed by atoms with Gasteiger partial charge in [-0.05, 0) is 36.8 Å². The second kappa shape index (κ2) is 4.65. The average molecular weight is 254 g/mol. The van der Waals surface area contributed by atoms with E-state index in [9.17, 15) is 4.39 Å². The van der Waals surface area contributed by atoms with Crippen LogP contribution in [0.15, 0.2) is 53.3 Å². The number of aromatic nitrogens is 2. The summed E-state index contributed by atoms with van der Waals surface area (Å²) in [5, 5.41) is 4.09. The van der Waals surface area contributed by atoms with Crippen LogP contribution in [0.4, 0.5) is 4.39 Å². The molecular weight excluding hydrogens is 243 g/mol. The molecular formula is C15H11FN2O. The summed E-state index contributed by atoms with van der Waals surface area (Å²) >= 11 is 0. The van der Waals surface area contributed by atoms with E-state index in [1.807, 2.05) is 19.1 Å². The van der Waals surface area contributed by atoms with Crippen LogP contribution in [0.1, 0.15) is 5.76 Å². The van der Waals surface area contributed by atoms with Crippen LogP contribution >= 0.6 is 0 Å². The summed E-state index contributed by atoms with van der Waals surface area (Å²) in [7, 11) is 0. The summed E-state index contributed by atoms with van der Waals surface area (Å²) in [6, 6.07) is 10.0. The monoisotopic (exact) mass is 254 g/mol. The third kappa shape index (κ3) is 2.12. The Hall–Kier alpha value is -2.49. The quantitative estimate of drug-likeness (QED) is 0.697. The molecule has 1 aromatic carbocycles. The number of benzene rings is 1. The maximum absolute atomic E-state index is 13.0. The lowest BCUT2D eigenvalue weighted by Gasteiger charge is -2.02. The van der Waals surface area contributed by atoms with E-state index >= 15 is 0 Å². The fourth-order valence-electron chi connectivity index (χ4n) is 2.04. The van der Waals surface area contributed by atoms with Crippen molar-refractivity contribution in [3.63, 3.8) is 0 Å². The maximum Gasteiger partial charge on any atom is 0.142 e. The van der Waals surface area contributed by atoms with Crippen molar-refractivity contribution in [2.75, 3.05) is 0 Å². The summed E-state index contributed by atoms with van der Waals surface area (Å²) < 4.78 is 18.3. The van der Waals surface area contributed by atoms with Gasteiger partial charge in [0.2, 0.25) is 0 Å². The van der Waals surface area contributed by atoms with Crippen molar-refractivity contribution < 1.29 is 8.91 Å². The largest absolute Gasteiger partial charge is 0.360 e. The SMILES string of the molecule is Cc1onc(-c2ccncc2)c1-c1ccc(F)cc1. The van der Waals surface area contributed by atoms with Gasteiger partial charge in [-0.3, -0.25) is 4.98 Å². The van der Waals surface area contributed by atoms with E-state index in [-0.39, 0.29) is 5.82 Å².